The van der Waals surface area contributed by atoms with Crippen LogP contribution >= 0.6 is 11.5 Å². The molecule has 17 heavy (non-hydrogen) atoms. The number of carbonyl (C=O) groups is 1. The normalized spacial score (nSPS) is 12.1. The lowest BCUT2D eigenvalue weighted by molar-refractivity contribution is 0.0943. The summed E-state index contributed by atoms with van der Waals surface area (Å²) >= 11 is 1.01. The molecule has 6 heteroatoms. The van der Waals surface area contributed by atoms with Gasteiger partial charge in [-0.15, -0.1) is 5.10 Å². The summed E-state index contributed by atoms with van der Waals surface area (Å²) in [5.74, 6) is -0.626. The van der Waals surface area contributed by atoms with E-state index in [1.807, 2.05) is 0 Å². The van der Waals surface area contributed by atoms with Crippen LogP contribution in [0.15, 0.2) is 30.5 Å². The van der Waals surface area contributed by atoms with Crippen molar-refractivity contribution in [1.29, 1.82) is 0 Å². The van der Waals surface area contributed by atoms with Crippen LogP contribution in [-0.4, -0.2) is 15.5 Å². The number of nitrogens with zero attached hydrogens (tertiary/aromatic N) is 2. The predicted octanol–water partition coefficient (Wildman–Crippen LogP) is 2.17. The largest absolute Gasteiger partial charge is 0.345 e. The first-order valence-electron chi connectivity index (χ1n) is 5.01. The summed E-state index contributed by atoms with van der Waals surface area (Å²) in [4.78, 5) is 12.1. The van der Waals surface area contributed by atoms with Crippen LogP contribution in [0, 0.1) is 5.82 Å². The number of hydrogen-bond acceptors (Lipinski definition) is 4. The topological polar surface area (TPSA) is 54.9 Å². The Morgan fingerprint density at radius 2 is 2.24 bits per heavy atom. The first kappa shape index (κ1) is 11.7. The molecule has 1 N–H and O–H groups in total. The summed E-state index contributed by atoms with van der Waals surface area (Å²) in [5.41, 5.74) is 0.457. The van der Waals surface area contributed by atoms with Crippen LogP contribution in [0.1, 0.15) is 28.2 Å². The number of aromatic nitrogens is 2. The highest BCUT2D eigenvalue weighted by Crippen LogP contribution is 2.16. The van der Waals surface area contributed by atoms with E-state index in [4.69, 9.17) is 0 Å². The van der Waals surface area contributed by atoms with E-state index in [0.29, 0.717) is 10.4 Å². The molecule has 0 aliphatic rings. The Hall–Kier alpha value is -1.82. The van der Waals surface area contributed by atoms with Crippen LogP contribution < -0.4 is 5.32 Å². The zero-order valence-electron chi connectivity index (χ0n) is 9.05. The Kier molecular flexibility index (Phi) is 3.43. The van der Waals surface area contributed by atoms with Gasteiger partial charge < -0.3 is 5.32 Å². The molecule has 0 aliphatic carbocycles. The van der Waals surface area contributed by atoms with Gasteiger partial charge in [-0.3, -0.25) is 4.79 Å². The van der Waals surface area contributed by atoms with Crippen molar-refractivity contribution in [2.75, 3.05) is 0 Å². The first-order valence-corrected chi connectivity index (χ1v) is 5.78. The molecule has 2 aromatic rings. The van der Waals surface area contributed by atoms with E-state index in [1.54, 1.807) is 25.1 Å². The molecule has 88 valence electrons. The van der Waals surface area contributed by atoms with E-state index in [2.05, 4.69) is 14.9 Å². The third kappa shape index (κ3) is 2.65. The molecule has 0 fully saturated rings. The van der Waals surface area contributed by atoms with Gasteiger partial charge in [0.25, 0.3) is 5.91 Å². The second-order valence-electron chi connectivity index (χ2n) is 3.50. The van der Waals surface area contributed by atoms with Crippen molar-refractivity contribution in [3.05, 3.63) is 46.7 Å². The van der Waals surface area contributed by atoms with Gasteiger partial charge in [0.05, 0.1) is 12.2 Å². The molecule has 0 aliphatic heterocycles. The lowest BCUT2D eigenvalue weighted by atomic mass is 10.1. The number of hydrogen-bond donors (Lipinski definition) is 1. The number of halogens is 1. The molecule has 0 saturated heterocycles. The molecule has 0 radical (unpaired) electrons. The second-order valence-corrected chi connectivity index (χ2v) is 4.28. The van der Waals surface area contributed by atoms with Crippen LogP contribution in [0.25, 0.3) is 0 Å². The average molecular weight is 251 g/mol. The van der Waals surface area contributed by atoms with Crippen molar-refractivity contribution in [3.63, 3.8) is 0 Å². The molecule has 0 bridgehead atoms. The SMILES string of the molecule is C[C@H](NC(=O)c1cnns1)c1ccccc1F. The van der Waals surface area contributed by atoms with Crippen molar-refractivity contribution in [2.24, 2.45) is 0 Å². The minimum absolute atomic E-state index is 0.296. The fraction of sp³-hybridized carbons (Fsp3) is 0.182. The minimum Gasteiger partial charge on any atom is -0.345 e. The van der Waals surface area contributed by atoms with Crippen LogP contribution in [0.3, 0.4) is 0 Å². The van der Waals surface area contributed by atoms with Gasteiger partial charge in [-0.2, -0.15) is 0 Å². The van der Waals surface area contributed by atoms with Gasteiger partial charge in [0, 0.05) is 5.56 Å². The number of rotatable bonds is 3. The second kappa shape index (κ2) is 5.01. The maximum Gasteiger partial charge on any atom is 0.265 e. The van der Waals surface area contributed by atoms with Gasteiger partial charge in [0.1, 0.15) is 10.7 Å². The first-order chi connectivity index (χ1) is 8.18. The number of amides is 1. The molecular formula is C11H10FN3OS. The highest BCUT2D eigenvalue weighted by atomic mass is 32.1. The quantitative estimate of drug-likeness (QED) is 0.909. The summed E-state index contributed by atoms with van der Waals surface area (Å²) in [6.45, 7) is 1.73. The third-order valence-corrected chi connectivity index (χ3v) is 2.97. The Labute approximate surface area is 102 Å². The Bertz CT molecular complexity index is 515. The number of carbonyl (C=O) groups excluding carboxylic acids is 1. The van der Waals surface area contributed by atoms with Crippen molar-refractivity contribution < 1.29 is 9.18 Å². The molecule has 1 aromatic carbocycles. The Balaban J connectivity index is 2.10. The highest BCUT2D eigenvalue weighted by molar-refractivity contribution is 7.07. The van der Waals surface area contributed by atoms with Crippen LogP contribution in [-0.2, 0) is 0 Å². The monoisotopic (exact) mass is 251 g/mol. The molecule has 4 nitrogen and oxygen atoms in total. The van der Waals surface area contributed by atoms with Gasteiger partial charge in [-0.1, -0.05) is 22.7 Å². The molecule has 0 unspecified atom stereocenters. The number of benzene rings is 1. The fourth-order valence-electron chi connectivity index (χ4n) is 1.44. The van der Waals surface area contributed by atoms with Gasteiger partial charge in [-0.25, -0.2) is 4.39 Å². The molecule has 2 rings (SSSR count). The van der Waals surface area contributed by atoms with Gasteiger partial charge in [0.2, 0.25) is 0 Å². The van der Waals surface area contributed by atoms with Crippen LogP contribution in [0.2, 0.25) is 0 Å². The Morgan fingerprint density at radius 1 is 1.47 bits per heavy atom. The predicted molar refractivity (Wildman–Crippen MR) is 62.2 cm³/mol. The molecule has 1 heterocycles. The van der Waals surface area contributed by atoms with Gasteiger partial charge >= 0.3 is 0 Å². The van der Waals surface area contributed by atoms with E-state index in [1.165, 1.54) is 12.3 Å². The molecule has 0 spiro atoms. The fourth-order valence-corrected chi connectivity index (χ4v) is 1.86. The Morgan fingerprint density at radius 3 is 2.88 bits per heavy atom. The molecular weight excluding hydrogens is 241 g/mol. The van der Waals surface area contributed by atoms with Crippen molar-refractivity contribution in [1.82, 2.24) is 14.9 Å². The summed E-state index contributed by atoms with van der Waals surface area (Å²) in [7, 11) is 0. The maximum atomic E-state index is 13.5. The van der Waals surface area contributed by atoms with Crippen molar-refractivity contribution in [3.8, 4) is 0 Å². The van der Waals surface area contributed by atoms with Crippen LogP contribution in [0.5, 0.6) is 0 Å². The van der Waals surface area contributed by atoms with Gasteiger partial charge in [0.15, 0.2) is 0 Å². The maximum absolute atomic E-state index is 13.5. The van der Waals surface area contributed by atoms with Crippen LogP contribution in [0.4, 0.5) is 4.39 Å². The lowest BCUT2D eigenvalue weighted by Crippen LogP contribution is -2.26. The smallest absolute Gasteiger partial charge is 0.265 e. The van der Waals surface area contributed by atoms with E-state index < -0.39 is 6.04 Å². The average Bonchev–Trinajstić information content (AvgIpc) is 2.82. The molecule has 1 atom stereocenters. The zero-order chi connectivity index (χ0) is 12.3. The molecule has 1 amide bonds. The number of nitrogens with one attached hydrogen (secondary N) is 1. The summed E-state index contributed by atoms with van der Waals surface area (Å²) in [6.07, 6.45) is 1.38. The zero-order valence-corrected chi connectivity index (χ0v) is 9.87. The molecule has 1 aromatic heterocycles. The highest BCUT2D eigenvalue weighted by Gasteiger charge is 2.15. The molecule has 0 saturated carbocycles. The van der Waals surface area contributed by atoms with E-state index in [0.717, 1.165) is 11.5 Å². The van der Waals surface area contributed by atoms with E-state index >= 15 is 0 Å². The standard InChI is InChI=1S/C11H10FN3OS/c1-7(8-4-2-3-5-9(8)12)14-11(16)10-6-13-15-17-10/h2-7H,1H3,(H,14,16)/t7-/m0/s1. The van der Waals surface area contributed by atoms with Gasteiger partial charge in [-0.05, 0) is 24.5 Å². The van der Waals surface area contributed by atoms with E-state index in [-0.39, 0.29) is 11.7 Å². The summed E-state index contributed by atoms with van der Waals surface area (Å²) in [6, 6.07) is 5.96. The van der Waals surface area contributed by atoms with E-state index in [9.17, 15) is 9.18 Å². The third-order valence-electron chi connectivity index (χ3n) is 2.30. The summed E-state index contributed by atoms with van der Waals surface area (Å²) < 4.78 is 17.1. The van der Waals surface area contributed by atoms with Crippen molar-refractivity contribution >= 4 is 17.4 Å². The lowest BCUT2D eigenvalue weighted by Gasteiger charge is -2.13. The summed E-state index contributed by atoms with van der Waals surface area (Å²) in [5, 5.41) is 6.27. The minimum atomic E-state index is -0.397. The van der Waals surface area contributed by atoms with Crippen molar-refractivity contribution in [2.45, 2.75) is 13.0 Å².